The van der Waals surface area contributed by atoms with Crippen molar-refractivity contribution in [2.75, 3.05) is 13.2 Å². The Morgan fingerprint density at radius 2 is 2.00 bits per heavy atom. The molecule has 0 aromatic heterocycles. The summed E-state index contributed by atoms with van der Waals surface area (Å²) in [6.07, 6.45) is 1.39. The molecule has 64 valence electrons. The summed E-state index contributed by atoms with van der Waals surface area (Å²) in [7, 11) is 0. The summed E-state index contributed by atoms with van der Waals surface area (Å²) in [5.41, 5.74) is 0. The van der Waals surface area contributed by atoms with Gasteiger partial charge < -0.3 is 9.47 Å². The van der Waals surface area contributed by atoms with Crippen molar-refractivity contribution in [3.8, 4) is 0 Å². The number of carbonyl (C=O) groups is 1. The van der Waals surface area contributed by atoms with Crippen LogP contribution in [0.4, 0.5) is 0 Å². The first-order chi connectivity index (χ1) is 5.19. The first-order valence-electron chi connectivity index (χ1n) is 4.00. The average Bonchev–Trinajstić information content (AvgIpc) is 2.38. The minimum absolute atomic E-state index is 0.0532. The highest BCUT2D eigenvalue weighted by molar-refractivity contribution is 5.85. The van der Waals surface area contributed by atoms with Gasteiger partial charge >= 0.3 is 0 Å². The zero-order valence-electron chi connectivity index (χ0n) is 7.05. The summed E-state index contributed by atoms with van der Waals surface area (Å²) in [6, 6.07) is 0. The van der Waals surface area contributed by atoms with E-state index in [9.17, 15) is 4.79 Å². The van der Waals surface area contributed by atoms with Crippen molar-refractivity contribution in [1.82, 2.24) is 0 Å². The molecular formula is C8H14O3. The SMILES string of the molecule is CCCC(=O)C1(C)OCCO1. The van der Waals surface area contributed by atoms with E-state index in [-0.39, 0.29) is 5.78 Å². The molecule has 0 saturated carbocycles. The van der Waals surface area contributed by atoms with E-state index in [1.807, 2.05) is 6.92 Å². The molecule has 0 bridgehead atoms. The molecule has 0 N–H and O–H groups in total. The van der Waals surface area contributed by atoms with Crippen LogP contribution in [0.1, 0.15) is 26.7 Å². The number of Topliss-reactive ketones (excluding diaryl/α,β-unsaturated/α-hetero) is 1. The molecule has 1 fully saturated rings. The third-order valence-electron chi connectivity index (χ3n) is 1.82. The fraction of sp³-hybridized carbons (Fsp3) is 0.875. The number of hydrogen-bond donors (Lipinski definition) is 0. The highest BCUT2D eigenvalue weighted by Gasteiger charge is 2.37. The first kappa shape index (κ1) is 8.68. The summed E-state index contributed by atoms with van der Waals surface area (Å²) in [4.78, 5) is 11.3. The molecule has 1 aliphatic heterocycles. The average molecular weight is 158 g/mol. The predicted octanol–water partition coefficient (Wildman–Crippen LogP) is 1.12. The van der Waals surface area contributed by atoms with E-state index in [1.54, 1.807) is 6.92 Å². The van der Waals surface area contributed by atoms with Gasteiger partial charge in [-0.3, -0.25) is 4.79 Å². The lowest BCUT2D eigenvalue weighted by Gasteiger charge is -2.19. The van der Waals surface area contributed by atoms with Gasteiger partial charge in [0.25, 0.3) is 0 Å². The molecule has 1 aliphatic rings. The summed E-state index contributed by atoms with van der Waals surface area (Å²) in [6.45, 7) is 4.73. The van der Waals surface area contributed by atoms with Crippen molar-refractivity contribution in [2.45, 2.75) is 32.5 Å². The molecule has 1 rings (SSSR count). The highest BCUT2D eigenvalue weighted by Crippen LogP contribution is 2.21. The first-order valence-corrected chi connectivity index (χ1v) is 4.00. The minimum atomic E-state index is -0.935. The van der Waals surface area contributed by atoms with Crippen molar-refractivity contribution in [2.24, 2.45) is 0 Å². The zero-order valence-corrected chi connectivity index (χ0v) is 7.05. The fourth-order valence-electron chi connectivity index (χ4n) is 1.13. The summed E-state index contributed by atoms with van der Waals surface area (Å²) < 4.78 is 10.4. The molecular weight excluding hydrogens is 144 g/mol. The van der Waals surface area contributed by atoms with Gasteiger partial charge in [-0.05, 0) is 13.3 Å². The Hall–Kier alpha value is -0.410. The monoisotopic (exact) mass is 158 g/mol. The van der Waals surface area contributed by atoms with Crippen molar-refractivity contribution >= 4 is 5.78 Å². The maximum Gasteiger partial charge on any atom is 0.226 e. The third-order valence-corrected chi connectivity index (χ3v) is 1.82. The van der Waals surface area contributed by atoms with Gasteiger partial charge in [0.05, 0.1) is 13.2 Å². The van der Waals surface area contributed by atoms with Crippen LogP contribution < -0.4 is 0 Å². The molecule has 0 aliphatic carbocycles. The Bertz CT molecular complexity index is 147. The number of rotatable bonds is 3. The smallest absolute Gasteiger partial charge is 0.226 e. The Kier molecular flexibility index (Phi) is 2.62. The summed E-state index contributed by atoms with van der Waals surface area (Å²) >= 11 is 0. The molecule has 0 aromatic carbocycles. The molecule has 1 saturated heterocycles. The largest absolute Gasteiger partial charge is 0.341 e. The third kappa shape index (κ3) is 1.79. The molecule has 0 amide bonds. The molecule has 11 heavy (non-hydrogen) atoms. The lowest BCUT2D eigenvalue weighted by molar-refractivity contribution is -0.173. The van der Waals surface area contributed by atoms with Crippen LogP contribution in [0.5, 0.6) is 0 Å². The van der Waals surface area contributed by atoms with Gasteiger partial charge in [-0.1, -0.05) is 6.92 Å². The van der Waals surface area contributed by atoms with Crippen LogP contribution in [0.15, 0.2) is 0 Å². The Morgan fingerprint density at radius 3 is 2.45 bits per heavy atom. The zero-order chi connectivity index (χ0) is 8.32. The maximum atomic E-state index is 11.3. The predicted molar refractivity (Wildman–Crippen MR) is 40.2 cm³/mol. The van der Waals surface area contributed by atoms with Crippen LogP contribution >= 0.6 is 0 Å². The number of hydrogen-bond acceptors (Lipinski definition) is 3. The molecule has 0 atom stereocenters. The second-order valence-electron chi connectivity index (χ2n) is 2.82. The maximum absolute atomic E-state index is 11.3. The molecule has 0 spiro atoms. The topological polar surface area (TPSA) is 35.5 Å². The summed E-state index contributed by atoms with van der Waals surface area (Å²) in [5, 5.41) is 0. The summed E-state index contributed by atoms with van der Waals surface area (Å²) in [5.74, 6) is -0.881. The molecule has 1 heterocycles. The minimum Gasteiger partial charge on any atom is -0.341 e. The van der Waals surface area contributed by atoms with E-state index in [1.165, 1.54) is 0 Å². The van der Waals surface area contributed by atoms with Crippen LogP contribution in [0.3, 0.4) is 0 Å². The van der Waals surface area contributed by atoms with Crippen LogP contribution in [0.25, 0.3) is 0 Å². The van der Waals surface area contributed by atoms with Crippen molar-refractivity contribution in [1.29, 1.82) is 0 Å². The van der Waals surface area contributed by atoms with Gasteiger partial charge in [0.2, 0.25) is 5.79 Å². The molecule has 0 unspecified atom stereocenters. The number of carbonyl (C=O) groups excluding carboxylic acids is 1. The van der Waals surface area contributed by atoms with Gasteiger partial charge in [0.1, 0.15) is 0 Å². The normalized spacial score (nSPS) is 22.0. The van der Waals surface area contributed by atoms with Crippen LogP contribution in [0, 0.1) is 0 Å². The lowest BCUT2D eigenvalue weighted by atomic mass is 10.1. The van der Waals surface area contributed by atoms with Crippen molar-refractivity contribution < 1.29 is 14.3 Å². The van der Waals surface area contributed by atoms with E-state index >= 15 is 0 Å². The Morgan fingerprint density at radius 1 is 1.45 bits per heavy atom. The van der Waals surface area contributed by atoms with Gasteiger partial charge in [-0.2, -0.15) is 0 Å². The van der Waals surface area contributed by atoms with Crippen LogP contribution in [0.2, 0.25) is 0 Å². The highest BCUT2D eigenvalue weighted by atomic mass is 16.7. The van der Waals surface area contributed by atoms with Gasteiger partial charge in [-0.15, -0.1) is 0 Å². The molecule has 3 heteroatoms. The lowest BCUT2D eigenvalue weighted by Crippen LogP contribution is -2.36. The van der Waals surface area contributed by atoms with Crippen LogP contribution in [-0.2, 0) is 14.3 Å². The Labute approximate surface area is 66.7 Å². The second-order valence-corrected chi connectivity index (χ2v) is 2.82. The van der Waals surface area contributed by atoms with E-state index < -0.39 is 5.79 Å². The molecule has 0 aromatic rings. The van der Waals surface area contributed by atoms with E-state index in [4.69, 9.17) is 9.47 Å². The van der Waals surface area contributed by atoms with Gasteiger partial charge in [-0.25, -0.2) is 0 Å². The number of ketones is 1. The van der Waals surface area contributed by atoms with Gasteiger partial charge in [0.15, 0.2) is 5.78 Å². The number of ether oxygens (including phenoxy) is 2. The van der Waals surface area contributed by atoms with Crippen molar-refractivity contribution in [3.05, 3.63) is 0 Å². The van der Waals surface area contributed by atoms with Crippen LogP contribution in [-0.4, -0.2) is 24.8 Å². The van der Waals surface area contributed by atoms with E-state index in [2.05, 4.69) is 0 Å². The standard InChI is InChI=1S/C8H14O3/c1-3-4-7(9)8(2)10-5-6-11-8/h3-6H2,1-2H3. The Balaban J connectivity index is 2.49. The van der Waals surface area contributed by atoms with E-state index in [0.29, 0.717) is 19.6 Å². The van der Waals surface area contributed by atoms with Gasteiger partial charge in [0, 0.05) is 6.42 Å². The molecule has 0 radical (unpaired) electrons. The van der Waals surface area contributed by atoms with Crippen molar-refractivity contribution in [3.63, 3.8) is 0 Å². The quantitative estimate of drug-likeness (QED) is 0.617. The van der Waals surface area contributed by atoms with E-state index in [0.717, 1.165) is 6.42 Å². The molecule has 3 nitrogen and oxygen atoms in total. The second kappa shape index (κ2) is 3.32. The fourth-order valence-corrected chi connectivity index (χ4v) is 1.13.